The molecule has 2 aromatic rings. The highest BCUT2D eigenvalue weighted by molar-refractivity contribution is 7.98. The standard InChI is InChI=1S/C31H37ClN2O3S/c1-19-5-11-28(35)25-9-6-23(25)16-34-17-31(13-3-4-21-14-24(32)8-10-26(21)31)18-37-29-12-7-22(15-27(29)34)30(36)33-38-20(19)2/h5,7-8,10-12,14-15,19-20,23,25,28,35H,3-4,6,9,13,16-18H2,1-2H3,(H,33,36)/b11-5-/t19-,20+,23-,25+,28-,31-/m0/s1. The third-order valence-corrected chi connectivity index (χ3v) is 10.7. The molecule has 2 aromatic carbocycles. The fraction of sp³-hybridized carbons (Fsp3) is 0.516. The summed E-state index contributed by atoms with van der Waals surface area (Å²) < 4.78 is 9.63. The largest absolute Gasteiger partial charge is 0.490 e. The van der Waals surface area contributed by atoms with Crippen LogP contribution in [0.5, 0.6) is 5.75 Å². The molecule has 0 saturated heterocycles. The van der Waals surface area contributed by atoms with E-state index in [0.717, 1.165) is 61.7 Å². The van der Waals surface area contributed by atoms with Crippen LogP contribution in [0.4, 0.5) is 5.69 Å². The van der Waals surface area contributed by atoms with Crippen molar-refractivity contribution in [1.82, 2.24) is 4.72 Å². The first-order valence-electron chi connectivity index (χ1n) is 14.0. The van der Waals surface area contributed by atoms with E-state index in [9.17, 15) is 9.90 Å². The average molecular weight is 553 g/mol. The number of nitrogens with one attached hydrogen (secondary N) is 1. The van der Waals surface area contributed by atoms with Crippen molar-refractivity contribution < 1.29 is 14.6 Å². The van der Waals surface area contributed by atoms with Crippen LogP contribution in [0.1, 0.15) is 61.0 Å². The van der Waals surface area contributed by atoms with Crippen LogP contribution in [0, 0.1) is 17.8 Å². The van der Waals surface area contributed by atoms with Crippen LogP contribution in [0.25, 0.3) is 0 Å². The Kier molecular flexibility index (Phi) is 7.17. The zero-order valence-electron chi connectivity index (χ0n) is 22.2. The number of halogens is 1. The Labute approximate surface area is 235 Å². The first-order valence-corrected chi connectivity index (χ1v) is 15.2. The Bertz CT molecular complexity index is 1250. The number of aryl methyl sites for hydroxylation is 1. The van der Waals surface area contributed by atoms with Gasteiger partial charge in [0.25, 0.3) is 5.91 Å². The van der Waals surface area contributed by atoms with Crippen LogP contribution in [0.15, 0.2) is 48.6 Å². The lowest BCUT2D eigenvalue weighted by molar-refractivity contribution is 0.0454. The lowest BCUT2D eigenvalue weighted by atomic mass is 9.68. The SMILES string of the molecule is C[C@H]1/C=C\[C@H](O)[C@@H]2CC[C@H]2CN2C[C@@]3(CCCc4cc(Cl)ccc43)COc3ccc(cc32)C(=O)NS[C@@H]1C. The van der Waals surface area contributed by atoms with Gasteiger partial charge in [0.15, 0.2) is 0 Å². The second kappa shape index (κ2) is 10.4. The van der Waals surface area contributed by atoms with Gasteiger partial charge < -0.3 is 14.7 Å². The maximum absolute atomic E-state index is 13.2. The number of aliphatic hydroxyl groups excluding tert-OH is 1. The fourth-order valence-electron chi connectivity index (χ4n) is 6.71. The van der Waals surface area contributed by atoms with E-state index in [1.165, 1.54) is 23.1 Å². The summed E-state index contributed by atoms with van der Waals surface area (Å²) in [5, 5.41) is 12.1. The molecule has 1 amide bonds. The number of anilines is 1. The van der Waals surface area contributed by atoms with E-state index in [1.807, 2.05) is 30.3 Å². The van der Waals surface area contributed by atoms with Crippen LogP contribution in [-0.2, 0) is 11.8 Å². The second-order valence-corrected chi connectivity index (χ2v) is 13.4. The highest BCUT2D eigenvalue weighted by atomic mass is 35.5. The molecule has 6 atom stereocenters. The molecule has 0 unspecified atom stereocenters. The number of ether oxygens (including phenoxy) is 1. The maximum atomic E-state index is 13.2. The lowest BCUT2D eigenvalue weighted by Crippen LogP contribution is -2.49. The number of hydrogen-bond acceptors (Lipinski definition) is 5. The zero-order valence-corrected chi connectivity index (χ0v) is 23.7. The highest BCUT2D eigenvalue weighted by Gasteiger charge is 2.44. The third-order valence-electron chi connectivity index (χ3n) is 9.36. The molecule has 2 heterocycles. The van der Waals surface area contributed by atoms with Gasteiger partial charge in [-0.15, -0.1) is 0 Å². The predicted molar refractivity (Wildman–Crippen MR) is 155 cm³/mol. The Morgan fingerprint density at radius 2 is 2.03 bits per heavy atom. The van der Waals surface area contributed by atoms with E-state index in [0.29, 0.717) is 18.1 Å². The van der Waals surface area contributed by atoms with Gasteiger partial charge in [-0.1, -0.05) is 43.7 Å². The Morgan fingerprint density at radius 3 is 2.84 bits per heavy atom. The molecule has 1 saturated carbocycles. The molecule has 1 fully saturated rings. The molecule has 0 radical (unpaired) electrons. The van der Waals surface area contributed by atoms with Crippen molar-refractivity contribution in [3.63, 3.8) is 0 Å². The van der Waals surface area contributed by atoms with E-state index < -0.39 is 6.10 Å². The third kappa shape index (κ3) is 4.84. The molecule has 202 valence electrons. The van der Waals surface area contributed by atoms with E-state index in [1.54, 1.807) is 0 Å². The summed E-state index contributed by atoms with van der Waals surface area (Å²) in [7, 11) is 0. The van der Waals surface area contributed by atoms with Crippen molar-refractivity contribution in [2.75, 3.05) is 24.6 Å². The number of carbonyl (C=O) groups is 1. The van der Waals surface area contributed by atoms with Gasteiger partial charge in [0, 0.05) is 34.3 Å². The molecule has 2 N–H and O–H groups in total. The molecule has 7 heteroatoms. The number of fused-ring (bicyclic) bond motifs is 4. The quantitative estimate of drug-likeness (QED) is 0.302. The van der Waals surface area contributed by atoms with Crippen molar-refractivity contribution in [2.24, 2.45) is 17.8 Å². The minimum Gasteiger partial charge on any atom is -0.490 e. The highest BCUT2D eigenvalue weighted by Crippen LogP contribution is 2.46. The number of rotatable bonds is 0. The molecule has 2 aliphatic heterocycles. The molecule has 2 bridgehead atoms. The van der Waals surface area contributed by atoms with Gasteiger partial charge >= 0.3 is 0 Å². The van der Waals surface area contributed by atoms with Gasteiger partial charge in [-0.3, -0.25) is 9.52 Å². The second-order valence-electron chi connectivity index (χ2n) is 11.8. The average Bonchev–Trinajstić information content (AvgIpc) is 3.04. The van der Waals surface area contributed by atoms with Crippen molar-refractivity contribution in [2.45, 2.75) is 62.7 Å². The van der Waals surface area contributed by atoms with Crippen LogP contribution in [0.2, 0.25) is 5.02 Å². The number of allylic oxidation sites excluding steroid dienone is 1. The van der Waals surface area contributed by atoms with Gasteiger partial charge in [-0.05, 0) is 103 Å². The minimum atomic E-state index is -0.450. The molecule has 4 aliphatic rings. The molecule has 6 rings (SSSR count). The first-order chi connectivity index (χ1) is 18.3. The number of aliphatic hydroxyl groups is 1. The van der Waals surface area contributed by atoms with Crippen molar-refractivity contribution in [1.29, 1.82) is 0 Å². The van der Waals surface area contributed by atoms with E-state index in [-0.39, 0.29) is 28.4 Å². The fourth-order valence-corrected chi connectivity index (χ4v) is 7.62. The zero-order chi connectivity index (χ0) is 26.4. The summed E-state index contributed by atoms with van der Waals surface area (Å²) in [4.78, 5) is 15.6. The number of benzene rings is 2. The van der Waals surface area contributed by atoms with E-state index >= 15 is 0 Å². The number of amides is 1. The number of hydrogen-bond donors (Lipinski definition) is 2. The lowest BCUT2D eigenvalue weighted by Gasteiger charge is -2.45. The van der Waals surface area contributed by atoms with Gasteiger partial charge in [0.05, 0.1) is 18.4 Å². The molecule has 1 spiro atoms. The summed E-state index contributed by atoms with van der Waals surface area (Å²) in [6.07, 6.45) is 8.96. The van der Waals surface area contributed by atoms with Gasteiger partial charge in [0.1, 0.15) is 5.75 Å². The molecule has 2 aliphatic carbocycles. The van der Waals surface area contributed by atoms with E-state index in [2.05, 4.69) is 41.7 Å². The maximum Gasteiger partial charge on any atom is 0.261 e. The Hall–Kier alpha value is -2.15. The number of nitrogens with zero attached hydrogens (tertiary/aromatic N) is 1. The van der Waals surface area contributed by atoms with Crippen LogP contribution in [0.3, 0.4) is 0 Å². The Morgan fingerprint density at radius 1 is 1.16 bits per heavy atom. The van der Waals surface area contributed by atoms with Crippen molar-refractivity contribution in [3.05, 3.63) is 70.3 Å². The van der Waals surface area contributed by atoms with Crippen LogP contribution in [-0.4, -0.2) is 42.1 Å². The van der Waals surface area contributed by atoms with Gasteiger partial charge in [-0.25, -0.2) is 0 Å². The van der Waals surface area contributed by atoms with Crippen molar-refractivity contribution in [3.8, 4) is 5.75 Å². The van der Waals surface area contributed by atoms with Crippen molar-refractivity contribution >= 4 is 35.1 Å². The summed E-state index contributed by atoms with van der Waals surface area (Å²) >= 11 is 7.83. The van der Waals surface area contributed by atoms with Gasteiger partial charge in [-0.2, -0.15) is 0 Å². The van der Waals surface area contributed by atoms with Crippen LogP contribution < -0.4 is 14.4 Å². The summed E-state index contributed by atoms with van der Waals surface area (Å²) in [5.41, 5.74) is 4.13. The normalized spacial score (nSPS) is 33.8. The Balaban J connectivity index is 1.41. The number of carbonyl (C=O) groups excluding carboxylic acids is 1. The van der Waals surface area contributed by atoms with Crippen LogP contribution >= 0.6 is 23.5 Å². The molecular weight excluding hydrogens is 516 g/mol. The first kappa shape index (κ1) is 26.1. The smallest absolute Gasteiger partial charge is 0.261 e. The van der Waals surface area contributed by atoms with E-state index in [4.69, 9.17) is 16.3 Å². The minimum absolute atomic E-state index is 0.0891. The summed E-state index contributed by atoms with van der Waals surface area (Å²) in [5.74, 6) is 1.60. The van der Waals surface area contributed by atoms with Gasteiger partial charge in [0.2, 0.25) is 0 Å². The molecular formula is C31H37ClN2O3S. The molecule has 5 nitrogen and oxygen atoms in total. The topological polar surface area (TPSA) is 61.8 Å². The predicted octanol–water partition coefficient (Wildman–Crippen LogP) is 6.17. The summed E-state index contributed by atoms with van der Waals surface area (Å²) in [6.45, 7) is 6.50. The molecule has 0 aromatic heterocycles. The molecule has 38 heavy (non-hydrogen) atoms. The monoisotopic (exact) mass is 552 g/mol. The summed E-state index contributed by atoms with van der Waals surface area (Å²) in [6, 6.07) is 12.2.